The Morgan fingerprint density at radius 1 is 0.851 bits per heavy atom. The third kappa shape index (κ3) is 15.3. The highest BCUT2D eigenvalue weighted by Crippen LogP contribution is 2.48. The van der Waals surface area contributed by atoms with Gasteiger partial charge in [-0.1, -0.05) is 64.2 Å². The van der Waals surface area contributed by atoms with Crippen molar-refractivity contribution in [3.63, 3.8) is 0 Å². The third-order valence-corrected chi connectivity index (χ3v) is 17.1. The molecule has 0 aromatic carbocycles. The Morgan fingerprint density at radius 2 is 1.58 bits per heavy atom. The lowest BCUT2D eigenvalue weighted by Gasteiger charge is -2.50. The molecule has 18 heteroatoms. The van der Waals surface area contributed by atoms with E-state index in [0.29, 0.717) is 83.2 Å². The van der Waals surface area contributed by atoms with Crippen molar-refractivity contribution in [1.29, 1.82) is 0 Å². The molecule has 5 heterocycles. The summed E-state index contributed by atoms with van der Waals surface area (Å²) >= 11 is 0. The summed E-state index contributed by atoms with van der Waals surface area (Å²) in [5, 5.41) is 23.8. The molecule has 5 fully saturated rings. The van der Waals surface area contributed by atoms with Gasteiger partial charge in [0.15, 0.2) is 13.2 Å². The number of allylic oxidation sites excluding steroid dienone is 6. The molecular formula is C56H86NO16P. The Balaban J connectivity index is 1.33. The number of hydrogen-bond acceptors (Lipinski definition) is 16. The summed E-state index contributed by atoms with van der Waals surface area (Å²) in [4.78, 5) is 73.2. The molecule has 0 aromatic heterocycles. The SMILES string of the molecule is CO[C@@H]1C[C@H](CC2[C@H]3CCCN4C(=O)C(=O)[C@]5(O)O[C@@H](CC[C@H]5C)C[C@H](OCCOC5COC5)/C(C)=C/C=C/C=C/[C@@H](C)C[C@@H](C)C(=O)[C@H](OC)[C@H](O)/C(C)=C/[C@@H](C)C(=O)C[C@@H]2OC(=O)C34)CC[C@H]1OP(C)(C)=O. The first-order valence-corrected chi connectivity index (χ1v) is 29.6. The van der Waals surface area contributed by atoms with Crippen LogP contribution in [0, 0.1) is 41.4 Å². The summed E-state index contributed by atoms with van der Waals surface area (Å²) in [5.74, 6) is -8.83. The molecule has 1 amide bonds. The second-order valence-corrected chi connectivity index (χ2v) is 25.2. The average Bonchev–Trinajstić information content (AvgIpc) is 3.33. The standard InChI is InChI=1S/C56H86NO16P/c1-33-15-12-11-13-16-34(2)46(70-24-23-69-41-31-68-32-41)29-40-20-18-38(6)56(64,72-40)53(61)54(62)57-22-14-17-42-43(27-39-19-21-45(48(28-39)66-7)73-74(9,10)65)47(71-55(63)49(42)57)30-44(58)35(3)26-37(5)51(60)52(67-8)50(59)36(4)25-33/h11-13,15-16,26,33,35-36,38-43,45-49,51-52,60,64H,14,17-25,27-32H2,1-10H3/b13-11+,15-12+,34-16+,37-26+/t33-,35-,36-,38-,39+,40+,42-,43?,45-,46+,47+,48-,49?,51-,52+,56-/m1/s1. The second-order valence-electron chi connectivity index (χ2n) is 22.5. The van der Waals surface area contributed by atoms with Gasteiger partial charge < -0.3 is 52.8 Å². The van der Waals surface area contributed by atoms with E-state index in [1.54, 1.807) is 47.3 Å². The number of carbonyl (C=O) groups excluding carboxylic acids is 5. The maximum absolute atomic E-state index is 14.7. The van der Waals surface area contributed by atoms with E-state index in [9.17, 15) is 38.8 Å². The molecule has 6 rings (SSSR count). The number of ether oxygens (including phenoxy) is 7. The molecule has 6 aliphatic rings. The van der Waals surface area contributed by atoms with Crippen molar-refractivity contribution in [2.24, 2.45) is 41.4 Å². The van der Waals surface area contributed by atoms with Crippen LogP contribution in [0.4, 0.5) is 0 Å². The summed E-state index contributed by atoms with van der Waals surface area (Å²) in [6.45, 7) is 15.7. The number of Topliss-reactive ketones (excluding diaryl/α,β-unsaturated/α-hetero) is 3. The fourth-order valence-electron chi connectivity index (χ4n) is 12.0. The quantitative estimate of drug-likeness (QED) is 0.0719. The molecule has 1 aliphatic carbocycles. The Hall–Kier alpha value is -3.22. The summed E-state index contributed by atoms with van der Waals surface area (Å²) < 4.78 is 60.3. The van der Waals surface area contributed by atoms with Gasteiger partial charge in [-0.2, -0.15) is 0 Å². The molecule has 1 saturated carbocycles. The van der Waals surface area contributed by atoms with E-state index >= 15 is 0 Å². The van der Waals surface area contributed by atoms with Crippen molar-refractivity contribution in [3.05, 3.63) is 47.6 Å². The zero-order valence-electron chi connectivity index (χ0n) is 45.5. The summed E-state index contributed by atoms with van der Waals surface area (Å²) in [7, 11) is 0.137. The van der Waals surface area contributed by atoms with Crippen molar-refractivity contribution in [2.75, 3.05) is 60.5 Å². The van der Waals surface area contributed by atoms with Gasteiger partial charge in [0.05, 0.1) is 50.8 Å². The molecule has 74 heavy (non-hydrogen) atoms. The van der Waals surface area contributed by atoms with Crippen LogP contribution >= 0.6 is 7.37 Å². The maximum Gasteiger partial charge on any atom is 0.329 e. The summed E-state index contributed by atoms with van der Waals surface area (Å²) in [6.07, 6.45) is 10.6. The molecular weight excluding hydrogens is 974 g/mol. The van der Waals surface area contributed by atoms with Gasteiger partial charge >= 0.3 is 5.97 Å². The van der Waals surface area contributed by atoms with Gasteiger partial charge in [0, 0.05) is 70.6 Å². The molecule has 0 aromatic rings. The number of hydrogen-bond donors (Lipinski definition) is 2. The van der Waals surface area contributed by atoms with Crippen LogP contribution in [0.25, 0.3) is 0 Å². The monoisotopic (exact) mass is 1060 g/mol. The van der Waals surface area contributed by atoms with Crippen LogP contribution in [0.5, 0.6) is 0 Å². The molecule has 17 nitrogen and oxygen atoms in total. The number of fused-ring (bicyclic) bond motifs is 4. The number of rotatable bonds is 11. The van der Waals surface area contributed by atoms with Crippen molar-refractivity contribution in [3.8, 4) is 0 Å². The first-order valence-electron chi connectivity index (χ1n) is 27.0. The number of amides is 1. The third-order valence-electron chi connectivity index (χ3n) is 16.4. The van der Waals surface area contributed by atoms with Gasteiger partial charge in [-0.05, 0) is 101 Å². The Labute approximate surface area is 438 Å². The van der Waals surface area contributed by atoms with E-state index in [-0.39, 0.29) is 67.7 Å². The van der Waals surface area contributed by atoms with Crippen LogP contribution < -0.4 is 0 Å². The minimum Gasteiger partial charge on any atom is -0.460 e. The van der Waals surface area contributed by atoms with E-state index < -0.39 is 97.0 Å². The van der Waals surface area contributed by atoms with Crippen LogP contribution in [0.15, 0.2) is 47.6 Å². The van der Waals surface area contributed by atoms with Gasteiger partial charge in [-0.15, -0.1) is 0 Å². The minimum atomic E-state index is -2.84. The Bertz CT molecular complexity index is 2130. The largest absolute Gasteiger partial charge is 0.460 e. The number of aliphatic hydroxyl groups is 2. The topological polar surface area (TPSA) is 220 Å². The zero-order chi connectivity index (χ0) is 54.1. The molecule has 4 saturated heterocycles. The Kier molecular flexibility index (Phi) is 21.8. The van der Waals surface area contributed by atoms with Gasteiger partial charge in [0.25, 0.3) is 11.7 Å². The van der Waals surface area contributed by atoms with Crippen LogP contribution in [-0.2, 0) is 66.2 Å². The molecule has 16 atom stereocenters. The fourth-order valence-corrected chi connectivity index (χ4v) is 12.9. The number of methoxy groups -OCH3 is 2. The van der Waals surface area contributed by atoms with E-state index in [1.807, 2.05) is 51.2 Å². The predicted molar refractivity (Wildman–Crippen MR) is 276 cm³/mol. The highest BCUT2D eigenvalue weighted by Gasteiger charge is 2.57. The van der Waals surface area contributed by atoms with Gasteiger partial charge in [0.2, 0.25) is 5.79 Å². The van der Waals surface area contributed by atoms with Crippen LogP contribution in [0.2, 0.25) is 0 Å². The molecule has 2 unspecified atom stereocenters. The zero-order valence-corrected chi connectivity index (χ0v) is 46.4. The number of aliphatic hydroxyl groups excluding tert-OH is 1. The molecule has 4 bridgehead atoms. The first kappa shape index (κ1) is 60.0. The maximum atomic E-state index is 14.7. The molecule has 5 aliphatic heterocycles. The van der Waals surface area contributed by atoms with Crippen molar-refractivity contribution < 1.29 is 76.4 Å². The van der Waals surface area contributed by atoms with Gasteiger partial charge in [-0.3, -0.25) is 23.7 Å². The molecule has 0 radical (unpaired) electrons. The van der Waals surface area contributed by atoms with Crippen molar-refractivity contribution in [2.45, 2.75) is 173 Å². The Morgan fingerprint density at radius 3 is 2.26 bits per heavy atom. The van der Waals surface area contributed by atoms with E-state index in [0.717, 1.165) is 5.57 Å². The highest BCUT2D eigenvalue weighted by molar-refractivity contribution is 7.57. The average molecular weight is 1060 g/mol. The first-order chi connectivity index (χ1) is 35.0. The van der Waals surface area contributed by atoms with Gasteiger partial charge in [-0.25, -0.2) is 4.79 Å². The number of esters is 1. The number of piperidine rings is 1. The van der Waals surface area contributed by atoms with Crippen LogP contribution in [0.1, 0.15) is 112 Å². The van der Waals surface area contributed by atoms with E-state index in [1.165, 1.54) is 12.0 Å². The highest BCUT2D eigenvalue weighted by atomic mass is 31.2. The molecule has 416 valence electrons. The van der Waals surface area contributed by atoms with Crippen LogP contribution in [-0.4, -0.2) is 166 Å². The molecule has 0 spiro atoms. The minimum absolute atomic E-state index is 0.00726. The van der Waals surface area contributed by atoms with Crippen LogP contribution in [0.3, 0.4) is 0 Å². The predicted octanol–water partition coefficient (Wildman–Crippen LogP) is 6.75. The number of nitrogens with zero attached hydrogens (tertiary/aromatic N) is 1. The summed E-state index contributed by atoms with van der Waals surface area (Å²) in [6, 6.07) is -1.17. The normalized spacial score (nSPS) is 40.4. The second kappa shape index (κ2) is 26.9. The van der Waals surface area contributed by atoms with Crippen molar-refractivity contribution >= 4 is 36.6 Å². The smallest absolute Gasteiger partial charge is 0.329 e. The number of carbonyl (C=O) groups is 5. The van der Waals surface area contributed by atoms with Crippen molar-refractivity contribution in [1.82, 2.24) is 4.90 Å². The lowest BCUT2D eigenvalue weighted by molar-refractivity contribution is -0.266. The molecule has 2 N–H and O–H groups in total. The lowest BCUT2D eigenvalue weighted by atomic mass is 9.68. The summed E-state index contributed by atoms with van der Waals surface area (Å²) in [5.41, 5.74) is 1.24. The van der Waals surface area contributed by atoms with E-state index in [2.05, 4.69) is 0 Å². The van der Waals surface area contributed by atoms with Gasteiger partial charge in [0.1, 0.15) is 36.2 Å². The van der Waals surface area contributed by atoms with E-state index in [4.69, 9.17) is 37.7 Å². The fraction of sp³-hybridized carbons (Fsp3) is 0.768. The number of ketones is 3. The lowest BCUT2D eigenvalue weighted by Crippen LogP contribution is -2.65.